The smallest absolute Gasteiger partial charge is 0.115 e. The van der Waals surface area contributed by atoms with Gasteiger partial charge in [0, 0.05) is 5.56 Å². The summed E-state index contributed by atoms with van der Waals surface area (Å²) >= 11 is 0. The van der Waals surface area contributed by atoms with E-state index in [1.807, 2.05) is 0 Å². The molecule has 1 aromatic heterocycles. The molecule has 0 aliphatic heterocycles. The van der Waals surface area contributed by atoms with Gasteiger partial charge in [0.05, 0.1) is 0 Å². The van der Waals surface area contributed by atoms with Crippen LogP contribution in [0.25, 0.3) is 0 Å². The third-order valence-electron chi connectivity index (χ3n) is 1.29. The van der Waals surface area contributed by atoms with Crippen LogP contribution >= 0.6 is 0 Å². The molecule has 0 saturated carbocycles. The number of pyridine rings is 1. The number of terminal acetylenes is 3. The van der Waals surface area contributed by atoms with Gasteiger partial charge in [-0.1, -0.05) is 17.8 Å². The first-order chi connectivity index (χ1) is 5.80. The van der Waals surface area contributed by atoms with Crippen molar-refractivity contribution in [3.8, 4) is 37.0 Å². The quantitative estimate of drug-likeness (QED) is 0.504. The van der Waals surface area contributed by atoms with Crippen molar-refractivity contribution >= 4 is 0 Å². The van der Waals surface area contributed by atoms with Crippen molar-refractivity contribution in [3.05, 3.63) is 29.1 Å². The van der Waals surface area contributed by atoms with Crippen LogP contribution in [0.15, 0.2) is 12.1 Å². The molecule has 1 rings (SSSR count). The molecule has 0 unspecified atom stereocenters. The molecule has 0 N–H and O–H groups in total. The number of rotatable bonds is 0. The summed E-state index contributed by atoms with van der Waals surface area (Å²) in [6, 6.07) is 3.28. The predicted octanol–water partition coefficient (Wildman–Crippen LogP) is 1.03. The van der Waals surface area contributed by atoms with Crippen LogP contribution in [0.2, 0.25) is 0 Å². The predicted molar refractivity (Wildman–Crippen MR) is 48.0 cm³/mol. The van der Waals surface area contributed by atoms with Gasteiger partial charge in [-0.15, -0.1) is 19.3 Å². The van der Waals surface area contributed by atoms with Gasteiger partial charge in [-0.25, -0.2) is 4.98 Å². The number of hydrogen-bond acceptors (Lipinski definition) is 1. The van der Waals surface area contributed by atoms with Crippen molar-refractivity contribution < 1.29 is 0 Å². The van der Waals surface area contributed by atoms with Crippen molar-refractivity contribution in [1.82, 2.24) is 4.98 Å². The Balaban J connectivity index is 3.36. The van der Waals surface area contributed by atoms with E-state index in [1.54, 1.807) is 12.1 Å². The minimum absolute atomic E-state index is 0.471. The standard InChI is InChI=1S/C11H5N/c1-4-9-7-10(5-2)12-11(6-3)8-9/h1-3,7-8H. The van der Waals surface area contributed by atoms with Crippen LogP contribution in [0, 0.1) is 37.0 Å². The molecule has 0 aromatic carbocycles. The summed E-state index contributed by atoms with van der Waals surface area (Å²) in [5.41, 5.74) is 1.60. The summed E-state index contributed by atoms with van der Waals surface area (Å²) in [5.74, 6) is 7.19. The molecule has 0 aliphatic carbocycles. The summed E-state index contributed by atoms with van der Waals surface area (Å²) in [6.07, 6.45) is 15.5. The van der Waals surface area contributed by atoms with Crippen LogP contribution in [0.4, 0.5) is 0 Å². The van der Waals surface area contributed by atoms with E-state index in [2.05, 4.69) is 22.7 Å². The van der Waals surface area contributed by atoms with Crippen molar-refractivity contribution in [2.45, 2.75) is 0 Å². The Morgan fingerprint density at radius 3 is 1.75 bits per heavy atom. The molecule has 1 nitrogen and oxygen atoms in total. The highest BCUT2D eigenvalue weighted by Crippen LogP contribution is 2.02. The van der Waals surface area contributed by atoms with Crippen LogP contribution in [0.5, 0.6) is 0 Å². The molecule has 0 atom stereocenters. The molecule has 0 spiro atoms. The minimum Gasteiger partial charge on any atom is -0.231 e. The van der Waals surface area contributed by atoms with Crippen molar-refractivity contribution in [1.29, 1.82) is 0 Å². The Morgan fingerprint density at radius 1 is 0.917 bits per heavy atom. The zero-order valence-electron chi connectivity index (χ0n) is 6.33. The largest absolute Gasteiger partial charge is 0.231 e. The Labute approximate surface area is 71.8 Å². The average molecular weight is 151 g/mol. The first kappa shape index (κ1) is 7.93. The first-order valence-electron chi connectivity index (χ1n) is 3.22. The third-order valence-corrected chi connectivity index (χ3v) is 1.29. The lowest BCUT2D eigenvalue weighted by Crippen LogP contribution is -1.89. The summed E-state index contributed by atoms with van der Waals surface area (Å²) in [4.78, 5) is 3.95. The van der Waals surface area contributed by atoms with E-state index in [1.165, 1.54) is 0 Å². The highest BCUT2D eigenvalue weighted by molar-refractivity contribution is 5.43. The summed E-state index contributed by atoms with van der Waals surface area (Å²) in [6.45, 7) is 0. The Morgan fingerprint density at radius 2 is 1.42 bits per heavy atom. The maximum Gasteiger partial charge on any atom is 0.115 e. The fourth-order valence-corrected chi connectivity index (χ4v) is 0.762. The van der Waals surface area contributed by atoms with E-state index in [0.29, 0.717) is 17.0 Å². The van der Waals surface area contributed by atoms with Gasteiger partial charge in [-0.2, -0.15) is 0 Å². The van der Waals surface area contributed by atoms with Crippen molar-refractivity contribution in [2.24, 2.45) is 0 Å². The number of hydrogen-bond donors (Lipinski definition) is 0. The molecule has 0 aliphatic rings. The van der Waals surface area contributed by atoms with Gasteiger partial charge >= 0.3 is 0 Å². The molecule has 0 saturated heterocycles. The van der Waals surface area contributed by atoms with E-state index in [4.69, 9.17) is 19.3 Å². The monoisotopic (exact) mass is 151 g/mol. The van der Waals surface area contributed by atoms with Gasteiger partial charge in [-0.05, 0) is 12.1 Å². The lowest BCUT2D eigenvalue weighted by atomic mass is 10.2. The normalized spacial score (nSPS) is 7.75. The zero-order chi connectivity index (χ0) is 8.97. The van der Waals surface area contributed by atoms with Crippen molar-refractivity contribution in [2.75, 3.05) is 0 Å². The van der Waals surface area contributed by atoms with Gasteiger partial charge in [0.2, 0.25) is 0 Å². The highest BCUT2D eigenvalue weighted by atomic mass is 14.7. The molecule has 0 fully saturated rings. The molecule has 1 aromatic rings. The van der Waals surface area contributed by atoms with E-state index in [0.717, 1.165) is 0 Å². The fourth-order valence-electron chi connectivity index (χ4n) is 0.762. The van der Waals surface area contributed by atoms with E-state index >= 15 is 0 Å². The van der Waals surface area contributed by atoms with Gasteiger partial charge in [-0.3, -0.25) is 0 Å². The lowest BCUT2D eigenvalue weighted by Gasteiger charge is -1.94. The molecule has 0 bridgehead atoms. The minimum atomic E-state index is 0.471. The zero-order valence-corrected chi connectivity index (χ0v) is 6.33. The second-order valence-electron chi connectivity index (χ2n) is 2.06. The van der Waals surface area contributed by atoms with E-state index in [9.17, 15) is 0 Å². The average Bonchev–Trinajstić information content (AvgIpc) is 2.16. The molecule has 54 valence electrons. The maximum atomic E-state index is 5.18. The van der Waals surface area contributed by atoms with E-state index < -0.39 is 0 Å². The van der Waals surface area contributed by atoms with Crippen LogP contribution in [-0.2, 0) is 0 Å². The molecule has 0 radical (unpaired) electrons. The van der Waals surface area contributed by atoms with Crippen LogP contribution < -0.4 is 0 Å². The van der Waals surface area contributed by atoms with Crippen LogP contribution in [0.1, 0.15) is 17.0 Å². The van der Waals surface area contributed by atoms with Crippen LogP contribution in [0.3, 0.4) is 0 Å². The van der Waals surface area contributed by atoms with Gasteiger partial charge in [0.1, 0.15) is 11.4 Å². The Bertz CT molecular complexity index is 343. The molecule has 12 heavy (non-hydrogen) atoms. The topological polar surface area (TPSA) is 12.9 Å². The second kappa shape index (κ2) is 3.29. The van der Waals surface area contributed by atoms with Crippen LogP contribution in [-0.4, -0.2) is 4.98 Å². The molecule has 0 amide bonds. The van der Waals surface area contributed by atoms with E-state index in [-0.39, 0.29) is 0 Å². The summed E-state index contributed by atoms with van der Waals surface area (Å²) in [7, 11) is 0. The van der Waals surface area contributed by atoms with Crippen molar-refractivity contribution in [3.63, 3.8) is 0 Å². The second-order valence-corrected chi connectivity index (χ2v) is 2.06. The van der Waals surface area contributed by atoms with Gasteiger partial charge in [0.25, 0.3) is 0 Å². The number of nitrogens with zero attached hydrogens (tertiary/aromatic N) is 1. The summed E-state index contributed by atoms with van der Waals surface area (Å²) < 4.78 is 0. The Hall–Kier alpha value is -2.17. The first-order valence-corrected chi connectivity index (χ1v) is 3.22. The lowest BCUT2D eigenvalue weighted by molar-refractivity contribution is 1.24. The molecular formula is C11H5N. The SMILES string of the molecule is C#Cc1cc(C#C)nc(C#C)c1. The van der Waals surface area contributed by atoms with Gasteiger partial charge in [0.15, 0.2) is 0 Å². The third kappa shape index (κ3) is 1.46. The summed E-state index contributed by atoms with van der Waals surface area (Å²) in [5, 5.41) is 0. The molecular weight excluding hydrogens is 146 g/mol. The maximum absolute atomic E-state index is 5.18. The fraction of sp³-hybridized carbons (Fsp3) is 0. The molecule has 1 heterocycles. The van der Waals surface area contributed by atoms with Gasteiger partial charge < -0.3 is 0 Å². The Kier molecular flexibility index (Phi) is 2.17. The number of aromatic nitrogens is 1. The molecule has 1 heteroatoms. The highest BCUT2D eigenvalue weighted by Gasteiger charge is 1.95.